The molecule has 1 unspecified atom stereocenters. The van der Waals surface area contributed by atoms with Crippen molar-refractivity contribution in [2.45, 2.75) is 12.5 Å². The highest BCUT2D eigenvalue weighted by molar-refractivity contribution is 7.14. The van der Waals surface area contributed by atoms with E-state index < -0.39 is 5.82 Å². The molecule has 0 saturated carbocycles. The van der Waals surface area contributed by atoms with Crippen molar-refractivity contribution in [1.82, 2.24) is 4.98 Å². The molecule has 3 heterocycles. The third kappa shape index (κ3) is 3.73. The van der Waals surface area contributed by atoms with Gasteiger partial charge in [0.05, 0.1) is 31.9 Å². The summed E-state index contributed by atoms with van der Waals surface area (Å²) < 4.78 is 30.2. The normalized spacial score (nSPS) is 15.7. The second kappa shape index (κ2) is 8.47. The van der Waals surface area contributed by atoms with Gasteiger partial charge in [0.15, 0.2) is 11.6 Å². The lowest BCUT2D eigenvalue weighted by Crippen LogP contribution is -2.17. The van der Waals surface area contributed by atoms with Crippen LogP contribution in [-0.4, -0.2) is 24.9 Å². The average Bonchev–Trinajstić information content (AvgIpc) is 3.59. The summed E-state index contributed by atoms with van der Waals surface area (Å²) in [5.41, 5.74) is 3.30. The van der Waals surface area contributed by atoms with Gasteiger partial charge in [-0.3, -0.25) is 0 Å². The van der Waals surface area contributed by atoms with Crippen LogP contribution in [0.3, 0.4) is 0 Å². The lowest BCUT2D eigenvalue weighted by Gasteiger charge is -2.18. The van der Waals surface area contributed by atoms with Crippen LogP contribution in [0.2, 0.25) is 0 Å². The standard InChI is InChI=1S/C24H20FN3O3S/c1-29-17-8-5-15(6-9-17)19-13-21(23-4-3-11-31-23)28(27-19)24-26-20(14-32-24)16-7-10-22(30-2)18(25)12-16/h3-12,14,21H,13H2,1-2H3. The van der Waals surface area contributed by atoms with E-state index in [0.29, 0.717) is 22.8 Å². The first kappa shape index (κ1) is 20.3. The summed E-state index contributed by atoms with van der Waals surface area (Å²) in [5.74, 6) is 1.39. The van der Waals surface area contributed by atoms with Gasteiger partial charge in [-0.05, 0) is 60.2 Å². The quantitative estimate of drug-likeness (QED) is 0.366. The monoisotopic (exact) mass is 449 g/mol. The molecule has 0 N–H and O–H groups in total. The highest BCUT2D eigenvalue weighted by Gasteiger charge is 2.33. The number of thiazole rings is 1. The van der Waals surface area contributed by atoms with Crippen LogP contribution in [0.15, 0.2) is 75.8 Å². The number of ether oxygens (including phenoxy) is 2. The number of furan rings is 1. The molecule has 0 spiro atoms. The molecule has 0 aliphatic carbocycles. The third-order valence-electron chi connectivity index (χ3n) is 5.34. The van der Waals surface area contributed by atoms with E-state index in [-0.39, 0.29) is 11.8 Å². The predicted molar refractivity (Wildman–Crippen MR) is 122 cm³/mol. The smallest absolute Gasteiger partial charge is 0.207 e. The molecular formula is C24H20FN3O3S. The zero-order chi connectivity index (χ0) is 22.1. The molecule has 4 aromatic rings. The van der Waals surface area contributed by atoms with Crippen LogP contribution in [0.4, 0.5) is 9.52 Å². The molecule has 162 valence electrons. The molecule has 0 amide bonds. The number of anilines is 1. The highest BCUT2D eigenvalue weighted by Crippen LogP contribution is 2.40. The Morgan fingerprint density at radius 3 is 2.56 bits per heavy atom. The minimum absolute atomic E-state index is 0.117. The van der Waals surface area contributed by atoms with Gasteiger partial charge in [-0.1, -0.05) is 0 Å². The van der Waals surface area contributed by atoms with Crippen LogP contribution in [0, 0.1) is 5.82 Å². The van der Waals surface area contributed by atoms with Crippen molar-refractivity contribution in [2.75, 3.05) is 19.2 Å². The van der Waals surface area contributed by atoms with Crippen molar-refractivity contribution in [1.29, 1.82) is 0 Å². The average molecular weight is 450 g/mol. The molecule has 8 heteroatoms. The Morgan fingerprint density at radius 2 is 1.88 bits per heavy atom. The molecule has 0 bridgehead atoms. The summed E-state index contributed by atoms with van der Waals surface area (Å²) in [6.45, 7) is 0. The zero-order valence-corrected chi connectivity index (χ0v) is 18.3. The molecule has 6 nitrogen and oxygen atoms in total. The third-order valence-corrected chi connectivity index (χ3v) is 6.17. The first-order valence-electron chi connectivity index (χ1n) is 10.00. The van der Waals surface area contributed by atoms with Gasteiger partial charge >= 0.3 is 0 Å². The van der Waals surface area contributed by atoms with Crippen LogP contribution in [0.25, 0.3) is 11.3 Å². The predicted octanol–water partition coefficient (Wildman–Crippen LogP) is 5.92. The van der Waals surface area contributed by atoms with Crippen molar-refractivity contribution in [3.63, 3.8) is 0 Å². The van der Waals surface area contributed by atoms with Crippen LogP contribution in [0.1, 0.15) is 23.8 Å². The van der Waals surface area contributed by atoms with Gasteiger partial charge in [0.25, 0.3) is 0 Å². The van der Waals surface area contributed by atoms with Gasteiger partial charge in [-0.25, -0.2) is 14.4 Å². The number of aromatic nitrogens is 1. The van der Waals surface area contributed by atoms with E-state index in [9.17, 15) is 4.39 Å². The summed E-state index contributed by atoms with van der Waals surface area (Å²) in [4.78, 5) is 4.74. The number of hydrazone groups is 1. The van der Waals surface area contributed by atoms with E-state index in [1.54, 1.807) is 25.5 Å². The summed E-state index contributed by atoms with van der Waals surface area (Å²) in [6.07, 6.45) is 2.33. The SMILES string of the molecule is COc1ccc(C2=NN(c3nc(-c4ccc(OC)c(F)c4)cs3)C(c3ccco3)C2)cc1. The van der Waals surface area contributed by atoms with Gasteiger partial charge in [-0.2, -0.15) is 5.10 Å². The number of hydrogen-bond donors (Lipinski definition) is 0. The van der Waals surface area contributed by atoms with E-state index in [2.05, 4.69) is 0 Å². The fourth-order valence-electron chi connectivity index (χ4n) is 3.68. The van der Waals surface area contributed by atoms with Crippen LogP contribution >= 0.6 is 11.3 Å². The molecule has 1 aliphatic rings. The number of halogens is 1. The van der Waals surface area contributed by atoms with Crippen molar-refractivity contribution in [2.24, 2.45) is 5.10 Å². The van der Waals surface area contributed by atoms with E-state index in [1.165, 1.54) is 24.5 Å². The largest absolute Gasteiger partial charge is 0.497 e. The van der Waals surface area contributed by atoms with Crippen molar-refractivity contribution in [3.8, 4) is 22.8 Å². The second-order valence-electron chi connectivity index (χ2n) is 7.22. The Labute approximate surface area is 188 Å². The van der Waals surface area contributed by atoms with Gasteiger partial charge < -0.3 is 13.9 Å². The van der Waals surface area contributed by atoms with E-state index in [1.807, 2.05) is 46.8 Å². The van der Waals surface area contributed by atoms with Crippen LogP contribution < -0.4 is 14.5 Å². The molecule has 32 heavy (non-hydrogen) atoms. The number of benzene rings is 2. The zero-order valence-electron chi connectivity index (χ0n) is 17.5. The summed E-state index contributed by atoms with van der Waals surface area (Å²) in [7, 11) is 3.09. The van der Waals surface area contributed by atoms with Crippen molar-refractivity contribution < 1.29 is 18.3 Å². The lowest BCUT2D eigenvalue weighted by molar-refractivity contribution is 0.386. The summed E-state index contributed by atoms with van der Waals surface area (Å²) >= 11 is 1.45. The lowest BCUT2D eigenvalue weighted by atomic mass is 10.0. The molecule has 5 rings (SSSR count). The Morgan fingerprint density at radius 1 is 1.06 bits per heavy atom. The van der Waals surface area contributed by atoms with Crippen LogP contribution in [0.5, 0.6) is 11.5 Å². The van der Waals surface area contributed by atoms with E-state index >= 15 is 0 Å². The molecule has 2 aromatic heterocycles. The maximum absolute atomic E-state index is 14.2. The Balaban J connectivity index is 1.49. The highest BCUT2D eigenvalue weighted by atomic mass is 32.1. The number of rotatable bonds is 6. The van der Waals surface area contributed by atoms with Gasteiger partial charge in [0.1, 0.15) is 17.6 Å². The maximum Gasteiger partial charge on any atom is 0.207 e. The van der Waals surface area contributed by atoms with Crippen molar-refractivity contribution in [3.05, 3.63) is 83.4 Å². The minimum atomic E-state index is -0.422. The molecule has 0 saturated heterocycles. The van der Waals surface area contributed by atoms with Gasteiger partial charge in [0.2, 0.25) is 5.13 Å². The first-order valence-corrected chi connectivity index (χ1v) is 10.9. The van der Waals surface area contributed by atoms with Crippen LogP contribution in [-0.2, 0) is 0 Å². The summed E-state index contributed by atoms with van der Waals surface area (Å²) in [6, 6.07) is 16.3. The number of methoxy groups -OCH3 is 2. The molecular weight excluding hydrogens is 429 g/mol. The Bertz CT molecular complexity index is 1250. The number of nitrogens with zero attached hydrogens (tertiary/aromatic N) is 3. The molecule has 2 aromatic carbocycles. The Kier molecular flexibility index (Phi) is 5.36. The first-order chi connectivity index (χ1) is 15.7. The number of hydrogen-bond acceptors (Lipinski definition) is 7. The van der Waals surface area contributed by atoms with E-state index in [0.717, 1.165) is 22.8 Å². The fraction of sp³-hybridized carbons (Fsp3) is 0.167. The van der Waals surface area contributed by atoms with Gasteiger partial charge in [-0.15, -0.1) is 11.3 Å². The second-order valence-corrected chi connectivity index (χ2v) is 8.06. The summed E-state index contributed by atoms with van der Waals surface area (Å²) in [5, 5.41) is 9.37. The molecule has 1 aliphatic heterocycles. The molecule has 0 fully saturated rings. The van der Waals surface area contributed by atoms with Gasteiger partial charge in [0, 0.05) is 17.4 Å². The minimum Gasteiger partial charge on any atom is -0.497 e. The van der Waals surface area contributed by atoms with Crippen molar-refractivity contribution >= 4 is 22.2 Å². The fourth-order valence-corrected chi connectivity index (χ4v) is 4.51. The topological polar surface area (TPSA) is 60.1 Å². The molecule has 0 radical (unpaired) electrons. The van der Waals surface area contributed by atoms with E-state index in [4.69, 9.17) is 24.0 Å². The molecule has 1 atom stereocenters. The maximum atomic E-state index is 14.2. The Hall–Kier alpha value is -3.65.